The van der Waals surface area contributed by atoms with E-state index in [1.54, 1.807) is 80.6 Å². The molecule has 458 valence electrons. The molecule has 3 aliphatic rings. The Morgan fingerprint density at radius 3 is 1.84 bits per heavy atom. The molecule has 19 nitrogen and oxygen atoms in total. The number of hydrogen-bond acceptors (Lipinski definition) is 16. The number of aromatic nitrogens is 1. The van der Waals surface area contributed by atoms with Gasteiger partial charge in [-0.15, -0.1) is 11.8 Å². The molecular formula is C66H76N5O14SZn-. The second-order valence-corrected chi connectivity index (χ2v) is 24.6. The van der Waals surface area contributed by atoms with Crippen molar-refractivity contribution in [2.75, 3.05) is 18.5 Å². The summed E-state index contributed by atoms with van der Waals surface area (Å²) in [7, 11) is 0. The van der Waals surface area contributed by atoms with Crippen LogP contribution in [0.2, 0.25) is 0 Å². The number of carbonyl (C=O) groups excluding carboxylic acids is 7. The molecule has 3 aromatic carbocycles. The number of benzene rings is 3. The van der Waals surface area contributed by atoms with Crippen molar-refractivity contribution >= 4 is 83.2 Å². The number of allylic oxidation sites excluding steroid dienone is 1. The largest absolute Gasteiger partial charge is 0.478 e. The van der Waals surface area contributed by atoms with Crippen LogP contribution < -0.4 is 25.7 Å². The van der Waals surface area contributed by atoms with Gasteiger partial charge in [0.05, 0.1) is 28.1 Å². The number of nitrogens with zero attached hydrogens (tertiary/aromatic N) is 2. The number of ether oxygens (including phenoxy) is 5. The molecule has 87 heavy (non-hydrogen) atoms. The second kappa shape index (κ2) is 30.7. The standard InChI is InChI=1S/C66H77N5O14S.Zn/c1-34(2)63(77)81-32-48(83-64(78)35(3)4)31-67-42(11)60(73)70-58-54(65(79)84-56-38(7)23-36(5)24-39(56)8)52(44-19-15-13-16-20-44)50(68-58)30-51-53(45-21-17-14-18-22-45)55(66(80)85-57-40(9)25-37(6)26-41(57)10)59(69-51)71-61(74)43(12)86-49-28-46(62(75)76)27-47(29-49)82-33-72;/h13-22,27-30,33,36-43,48,56-57,67H,1,3,23-26,31-32H2,2,4-12H3,(H4,68,69,70,71,73,74,75,76,79,80);/p-1. The Hall–Kier alpha value is -7.74. The number of amidine groups is 1. The van der Waals surface area contributed by atoms with Gasteiger partial charge in [-0.1, -0.05) is 115 Å². The summed E-state index contributed by atoms with van der Waals surface area (Å²) in [4.78, 5) is 118. The van der Waals surface area contributed by atoms with E-state index in [-0.39, 0.29) is 131 Å². The van der Waals surface area contributed by atoms with Crippen molar-refractivity contribution in [3.63, 3.8) is 0 Å². The Morgan fingerprint density at radius 1 is 0.747 bits per heavy atom. The number of nitrogens with one attached hydrogen (secondary N) is 3. The molecule has 2 saturated carbocycles. The third-order valence-electron chi connectivity index (χ3n) is 15.5. The summed E-state index contributed by atoms with van der Waals surface area (Å²) < 4.78 is 28.9. The quantitative estimate of drug-likeness (QED) is 0.0134. The number of esters is 4. The fourth-order valence-electron chi connectivity index (χ4n) is 11.6. The third-order valence-corrected chi connectivity index (χ3v) is 16.6. The molecule has 4 aromatic rings. The van der Waals surface area contributed by atoms with Gasteiger partial charge in [-0.25, -0.2) is 29.0 Å². The number of amides is 2. The number of anilines is 1. The van der Waals surface area contributed by atoms with Gasteiger partial charge in [0.1, 0.15) is 42.1 Å². The minimum Gasteiger partial charge on any atom is -0.478 e. The molecule has 0 bridgehead atoms. The first-order valence-corrected chi connectivity index (χ1v) is 29.7. The van der Waals surface area contributed by atoms with Crippen molar-refractivity contribution in [3.05, 3.63) is 137 Å². The molecule has 0 spiro atoms. The van der Waals surface area contributed by atoms with E-state index in [0.717, 1.165) is 37.4 Å². The van der Waals surface area contributed by atoms with Crippen LogP contribution in [0.25, 0.3) is 22.8 Å². The molecule has 0 saturated heterocycles. The molecule has 1 aliphatic heterocycles. The molecule has 7 unspecified atom stereocenters. The maximum absolute atomic E-state index is 15.3. The van der Waals surface area contributed by atoms with Gasteiger partial charge in [0.15, 0.2) is 5.91 Å². The van der Waals surface area contributed by atoms with Gasteiger partial charge in [-0.2, -0.15) is 0 Å². The van der Waals surface area contributed by atoms with Crippen LogP contribution in [0.5, 0.6) is 5.75 Å². The van der Waals surface area contributed by atoms with E-state index < -0.39 is 71.3 Å². The monoisotopic (exact) mass is 1260 g/mol. The van der Waals surface area contributed by atoms with Gasteiger partial charge in [-0.3, -0.25) is 14.4 Å². The van der Waals surface area contributed by atoms with Gasteiger partial charge >= 0.3 is 29.8 Å². The van der Waals surface area contributed by atoms with Gasteiger partial charge in [0.25, 0.3) is 6.47 Å². The van der Waals surface area contributed by atoms with Crippen LogP contribution >= 0.6 is 11.8 Å². The van der Waals surface area contributed by atoms with Gasteiger partial charge in [-0.05, 0) is 141 Å². The Labute approximate surface area is 524 Å². The van der Waals surface area contributed by atoms with Crippen LogP contribution in [0.15, 0.2) is 124 Å². The fraction of sp³-hybridized carbons (Fsp3) is 0.409. The molecular weight excluding hydrogens is 1180 g/mol. The predicted octanol–water partition coefficient (Wildman–Crippen LogP) is 10.4. The first kappa shape index (κ1) is 68.4. The predicted molar refractivity (Wildman–Crippen MR) is 327 cm³/mol. The number of carboxylic acid groups (broad SMARTS) is 1. The summed E-state index contributed by atoms with van der Waals surface area (Å²) in [5.74, 6) is -5.22. The molecule has 2 heterocycles. The molecule has 1 aromatic heterocycles. The van der Waals surface area contributed by atoms with E-state index in [1.165, 1.54) is 32.0 Å². The summed E-state index contributed by atoms with van der Waals surface area (Å²) in [6.45, 7) is 25.4. The first-order valence-electron chi connectivity index (χ1n) is 28.8. The molecule has 21 heteroatoms. The van der Waals surface area contributed by atoms with Crippen LogP contribution in [0, 0.1) is 35.5 Å². The number of thioether (sulfide) groups is 1. The van der Waals surface area contributed by atoms with E-state index >= 15 is 9.59 Å². The fourth-order valence-corrected chi connectivity index (χ4v) is 12.5. The number of carbonyl (C=O) groups is 8. The van der Waals surface area contributed by atoms with Crippen LogP contribution in [0.3, 0.4) is 0 Å². The zero-order valence-electron chi connectivity index (χ0n) is 50.9. The zero-order valence-corrected chi connectivity index (χ0v) is 54.7. The molecule has 2 amide bonds. The van der Waals surface area contributed by atoms with Gasteiger partial charge in [0, 0.05) is 47.6 Å². The topological polar surface area (TPSA) is 265 Å². The van der Waals surface area contributed by atoms with E-state index in [9.17, 15) is 33.9 Å². The van der Waals surface area contributed by atoms with Crippen molar-refractivity contribution in [2.24, 2.45) is 40.5 Å². The maximum atomic E-state index is 15.3. The molecule has 0 radical (unpaired) electrons. The summed E-state index contributed by atoms with van der Waals surface area (Å²) in [5, 5.41) is 17.7. The normalized spacial score (nSPS) is 22.2. The summed E-state index contributed by atoms with van der Waals surface area (Å²) in [6, 6.07) is 20.7. The zero-order chi connectivity index (χ0) is 62.7. The molecule has 4 N–H and O–H groups in total. The van der Waals surface area contributed by atoms with Crippen LogP contribution in [0.1, 0.15) is 127 Å². The average molecular weight is 1260 g/mol. The smallest absolute Gasteiger partial charge is 0.342 e. The number of carboxylic acids is 1. The van der Waals surface area contributed by atoms with E-state index in [0.29, 0.717) is 27.9 Å². The van der Waals surface area contributed by atoms with Crippen LogP contribution in [-0.2, 0) is 67.2 Å². The van der Waals surface area contributed by atoms with Crippen molar-refractivity contribution in [3.8, 4) is 16.9 Å². The van der Waals surface area contributed by atoms with Gasteiger partial charge < -0.3 is 49.7 Å². The van der Waals surface area contributed by atoms with Crippen molar-refractivity contribution in [1.29, 1.82) is 0 Å². The van der Waals surface area contributed by atoms with Crippen molar-refractivity contribution in [1.82, 2.24) is 15.6 Å². The summed E-state index contributed by atoms with van der Waals surface area (Å²) in [5.41, 5.74) is 1.66. The van der Waals surface area contributed by atoms with E-state index in [2.05, 4.69) is 43.0 Å². The number of aromatic carboxylic acids is 1. The van der Waals surface area contributed by atoms with E-state index in [4.69, 9.17) is 33.7 Å². The average Bonchev–Trinajstić information content (AvgIpc) is 1.65. The van der Waals surface area contributed by atoms with Crippen molar-refractivity contribution in [2.45, 2.75) is 129 Å². The molecule has 7 atom stereocenters. The number of rotatable bonds is 23. The Bertz CT molecular complexity index is 3330. The third kappa shape index (κ3) is 17.5. The Morgan fingerprint density at radius 2 is 1.30 bits per heavy atom. The minimum absolute atomic E-state index is 0. The maximum Gasteiger partial charge on any atom is 0.342 e. The first-order chi connectivity index (χ1) is 40.8. The molecule has 2 aliphatic carbocycles. The minimum atomic E-state index is -1.29. The molecule has 7 rings (SSSR count). The van der Waals surface area contributed by atoms with Gasteiger partial charge in [0.2, 0.25) is 5.91 Å². The molecule has 2 fully saturated rings. The number of aliphatic imine (C=N–C) groups is 1. The summed E-state index contributed by atoms with van der Waals surface area (Å²) >= 11 is 0.974. The second-order valence-electron chi connectivity index (χ2n) is 23.1. The van der Waals surface area contributed by atoms with Crippen LogP contribution in [-0.4, -0.2) is 102 Å². The SMILES string of the molecule is C=C(C)C(=O)OCC(CNC(C)C(=O)NC1=N/C(=C\c2[n-]c(NC(=O)C(C)Sc3cc(OC=O)cc(C(=O)O)c3)c(C(=O)OC3C(C)CC(C)CC3C)c2-c2ccccc2)C(c2ccccc2)=C1C(=O)OC1C(C)CC(C)CC1C)OC(=O)C(=C)C.[Zn]. The van der Waals surface area contributed by atoms with E-state index in [1.807, 2.05) is 27.7 Å². The summed E-state index contributed by atoms with van der Waals surface area (Å²) in [6.07, 6.45) is 2.76. The van der Waals surface area contributed by atoms with Crippen LogP contribution in [0.4, 0.5) is 5.82 Å². The Kier molecular flexibility index (Phi) is 24.2. The number of hydrogen-bond donors (Lipinski definition) is 4. The Balaban J connectivity index is 0.0000121. The van der Waals surface area contributed by atoms with Crippen molar-refractivity contribution < 1.29 is 86.6 Å².